The molecule has 0 saturated heterocycles. The van der Waals surface area contributed by atoms with E-state index in [1.54, 1.807) is 0 Å². The lowest BCUT2D eigenvalue weighted by atomic mass is 9.90. The highest BCUT2D eigenvalue weighted by atomic mass is 14.1. The lowest BCUT2D eigenvalue weighted by Crippen LogP contribution is -1.98. The van der Waals surface area contributed by atoms with E-state index in [0.717, 1.165) is 0 Å². The second-order valence-electron chi connectivity index (χ2n) is 3.75. The van der Waals surface area contributed by atoms with Crippen LogP contribution in [-0.4, -0.2) is 0 Å². The van der Waals surface area contributed by atoms with Gasteiger partial charge < -0.3 is 0 Å². The fourth-order valence-corrected chi connectivity index (χ4v) is 1.69. The normalized spacial score (nSPS) is 8.62. The monoisotopic (exact) mass is 222 g/mol. The van der Waals surface area contributed by atoms with Crippen LogP contribution in [0.4, 0.5) is 0 Å². The van der Waals surface area contributed by atoms with Crippen LogP contribution in [-0.2, 0) is 0 Å². The van der Waals surface area contributed by atoms with Gasteiger partial charge in [0.1, 0.15) is 0 Å². The zero-order valence-corrected chi connectivity index (χ0v) is 13.0. The van der Waals surface area contributed by atoms with E-state index in [1.165, 1.54) is 33.4 Å². The summed E-state index contributed by atoms with van der Waals surface area (Å²) in [6.45, 7) is 21.3. The smallest absolute Gasteiger partial charge is 0.0392 e. The van der Waals surface area contributed by atoms with Crippen molar-refractivity contribution in [1.82, 2.24) is 0 Å². The molecule has 0 N–H and O–H groups in total. The molecule has 0 bridgehead atoms. The number of hydrogen-bond acceptors (Lipinski definition) is 0. The van der Waals surface area contributed by atoms with Crippen molar-refractivity contribution >= 4 is 0 Å². The van der Waals surface area contributed by atoms with Crippen LogP contribution in [0.5, 0.6) is 0 Å². The van der Waals surface area contributed by atoms with Gasteiger partial charge in [-0.15, -0.1) is 0 Å². The van der Waals surface area contributed by atoms with Gasteiger partial charge in [-0.2, -0.15) is 0 Å². The molecule has 0 atom stereocenters. The SMILES string of the molecule is CC.CC.Cc1c(C)c(C)c(C)c(C)c1C. The molecule has 0 aliphatic heterocycles. The molecule has 0 heterocycles. The summed E-state index contributed by atoms with van der Waals surface area (Å²) in [5.74, 6) is 0. The molecule has 0 aromatic heterocycles. The third-order valence-corrected chi connectivity index (χ3v) is 3.38. The third-order valence-electron chi connectivity index (χ3n) is 3.38. The molecule has 0 aliphatic rings. The summed E-state index contributed by atoms with van der Waals surface area (Å²) in [6, 6.07) is 0. The van der Waals surface area contributed by atoms with E-state index in [2.05, 4.69) is 41.5 Å². The molecule has 0 saturated carbocycles. The van der Waals surface area contributed by atoms with Crippen LogP contribution in [0.2, 0.25) is 0 Å². The minimum Gasteiger partial charge on any atom is -0.0683 e. The van der Waals surface area contributed by atoms with Gasteiger partial charge in [-0.3, -0.25) is 0 Å². The molecule has 94 valence electrons. The topological polar surface area (TPSA) is 0 Å². The van der Waals surface area contributed by atoms with Gasteiger partial charge in [0.15, 0.2) is 0 Å². The molecule has 0 fully saturated rings. The van der Waals surface area contributed by atoms with Gasteiger partial charge in [0.2, 0.25) is 0 Å². The molecule has 0 heteroatoms. The van der Waals surface area contributed by atoms with E-state index in [9.17, 15) is 0 Å². The van der Waals surface area contributed by atoms with Crippen molar-refractivity contribution in [3.63, 3.8) is 0 Å². The molecule has 0 unspecified atom stereocenters. The van der Waals surface area contributed by atoms with Crippen molar-refractivity contribution in [2.75, 3.05) is 0 Å². The molecule has 1 rings (SSSR count). The van der Waals surface area contributed by atoms with E-state index in [-0.39, 0.29) is 0 Å². The summed E-state index contributed by atoms with van der Waals surface area (Å²) in [5, 5.41) is 0. The Kier molecular flexibility index (Phi) is 9.22. The Balaban J connectivity index is 0. The molecule has 0 radical (unpaired) electrons. The quantitative estimate of drug-likeness (QED) is 0.537. The predicted molar refractivity (Wildman–Crippen MR) is 77.6 cm³/mol. The molecular weight excluding hydrogens is 192 g/mol. The maximum Gasteiger partial charge on any atom is -0.0392 e. The van der Waals surface area contributed by atoms with E-state index >= 15 is 0 Å². The number of hydrogen-bond donors (Lipinski definition) is 0. The van der Waals surface area contributed by atoms with Crippen LogP contribution in [0.25, 0.3) is 0 Å². The molecule has 1 aromatic carbocycles. The summed E-state index contributed by atoms with van der Waals surface area (Å²) in [7, 11) is 0. The van der Waals surface area contributed by atoms with Gasteiger partial charge in [-0.1, -0.05) is 27.7 Å². The van der Waals surface area contributed by atoms with E-state index < -0.39 is 0 Å². The van der Waals surface area contributed by atoms with Crippen LogP contribution in [0.3, 0.4) is 0 Å². The highest BCUT2D eigenvalue weighted by Crippen LogP contribution is 2.24. The Morgan fingerprint density at radius 1 is 0.312 bits per heavy atom. The van der Waals surface area contributed by atoms with Crippen LogP contribution in [0, 0.1) is 41.5 Å². The first-order valence-electron chi connectivity index (χ1n) is 6.50. The minimum atomic E-state index is 1.45. The first-order chi connectivity index (χ1) is 7.46. The first-order valence-corrected chi connectivity index (χ1v) is 6.50. The molecule has 0 nitrogen and oxygen atoms in total. The number of rotatable bonds is 0. The second-order valence-corrected chi connectivity index (χ2v) is 3.75. The Bertz CT molecular complexity index is 214. The van der Waals surface area contributed by atoms with Crippen molar-refractivity contribution in [2.24, 2.45) is 0 Å². The molecule has 0 aliphatic carbocycles. The van der Waals surface area contributed by atoms with Crippen molar-refractivity contribution in [3.05, 3.63) is 33.4 Å². The highest BCUT2D eigenvalue weighted by Gasteiger charge is 2.07. The summed E-state index contributed by atoms with van der Waals surface area (Å²) in [5.41, 5.74) is 8.73. The van der Waals surface area contributed by atoms with Crippen LogP contribution in [0.15, 0.2) is 0 Å². The van der Waals surface area contributed by atoms with Crippen LogP contribution in [0.1, 0.15) is 61.1 Å². The zero-order valence-electron chi connectivity index (χ0n) is 13.0. The van der Waals surface area contributed by atoms with E-state index in [1.807, 2.05) is 27.7 Å². The maximum atomic E-state index is 2.21. The zero-order chi connectivity index (χ0) is 13.5. The summed E-state index contributed by atoms with van der Waals surface area (Å²) in [4.78, 5) is 0. The largest absolute Gasteiger partial charge is 0.0683 e. The molecule has 1 aromatic rings. The second kappa shape index (κ2) is 8.38. The van der Waals surface area contributed by atoms with Gasteiger partial charge in [-0.05, 0) is 74.9 Å². The Morgan fingerprint density at radius 3 is 0.438 bits per heavy atom. The fraction of sp³-hybridized carbons (Fsp3) is 0.625. The maximum absolute atomic E-state index is 2.21. The minimum absolute atomic E-state index is 1.45. The average Bonchev–Trinajstić information content (AvgIpc) is 2.36. The van der Waals surface area contributed by atoms with Gasteiger partial charge in [0.25, 0.3) is 0 Å². The third kappa shape index (κ3) is 3.66. The Hall–Kier alpha value is -0.780. The van der Waals surface area contributed by atoms with Gasteiger partial charge in [0.05, 0.1) is 0 Å². The van der Waals surface area contributed by atoms with Crippen molar-refractivity contribution in [1.29, 1.82) is 0 Å². The summed E-state index contributed by atoms with van der Waals surface area (Å²) in [6.07, 6.45) is 0. The highest BCUT2D eigenvalue weighted by molar-refractivity contribution is 5.48. The Labute approximate surface area is 103 Å². The lowest BCUT2D eigenvalue weighted by molar-refractivity contribution is 1.13. The first kappa shape index (κ1) is 17.6. The standard InChI is InChI=1S/C12H18.2C2H6/c1-7-8(2)10(4)12(6)11(5)9(7)3;2*1-2/h1-6H3;2*1-2H3. The van der Waals surface area contributed by atoms with E-state index in [0.29, 0.717) is 0 Å². The van der Waals surface area contributed by atoms with Crippen LogP contribution < -0.4 is 0 Å². The molecule has 16 heavy (non-hydrogen) atoms. The fourth-order valence-electron chi connectivity index (χ4n) is 1.69. The van der Waals surface area contributed by atoms with Gasteiger partial charge in [-0.25, -0.2) is 0 Å². The average molecular weight is 222 g/mol. The predicted octanol–water partition coefficient (Wildman–Crippen LogP) is 5.59. The van der Waals surface area contributed by atoms with Crippen LogP contribution >= 0.6 is 0 Å². The number of benzene rings is 1. The Morgan fingerprint density at radius 2 is 0.375 bits per heavy atom. The summed E-state index contributed by atoms with van der Waals surface area (Å²) < 4.78 is 0. The van der Waals surface area contributed by atoms with Crippen molar-refractivity contribution in [3.8, 4) is 0 Å². The summed E-state index contributed by atoms with van der Waals surface area (Å²) >= 11 is 0. The van der Waals surface area contributed by atoms with Crippen molar-refractivity contribution in [2.45, 2.75) is 69.2 Å². The van der Waals surface area contributed by atoms with E-state index in [4.69, 9.17) is 0 Å². The van der Waals surface area contributed by atoms with Gasteiger partial charge >= 0.3 is 0 Å². The van der Waals surface area contributed by atoms with Crippen molar-refractivity contribution < 1.29 is 0 Å². The van der Waals surface area contributed by atoms with Gasteiger partial charge in [0, 0.05) is 0 Å². The molecule has 0 amide bonds. The lowest BCUT2D eigenvalue weighted by Gasteiger charge is -2.15. The molecular formula is C16H30. The molecule has 0 spiro atoms.